The average Bonchev–Trinajstić information content (AvgIpc) is 2.92. The molecule has 0 aliphatic heterocycles. The summed E-state index contributed by atoms with van der Waals surface area (Å²) in [4.78, 5) is 1.49. The molecule has 0 bridgehead atoms. The molecule has 3 heteroatoms. The van der Waals surface area contributed by atoms with E-state index in [4.69, 9.17) is 11.6 Å². The van der Waals surface area contributed by atoms with Crippen LogP contribution in [0.15, 0.2) is 41.8 Å². The number of thiophene rings is 1. The summed E-state index contributed by atoms with van der Waals surface area (Å²) in [6.07, 6.45) is 4.69. The van der Waals surface area contributed by atoms with Crippen LogP contribution in [0.3, 0.4) is 0 Å². The summed E-state index contributed by atoms with van der Waals surface area (Å²) in [5, 5.41) is 6.58. The highest BCUT2D eigenvalue weighted by Crippen LogP contribution is 2.16. The second-order valence-corrected chi connectivity index (χ2v) is 6.53. The Morgan fingerprint density at radius 1 is 1.25 bits per heavy atom. The van der Waals surface area contributed by atoms with E-state index in [0.29, 0.717) is 6.04 Å². The number of hydrogen-bond acceptors (Lipinski definition) is 2. The van der Waals surface area contributed by atoms with Gasteiger partial charge in [-0.05, 0) is 61.4 Å². The van der Waals surface area contributed by atoms with Crippen LogP contribution in [-0.4, -0.2) is 12.6 Å². The Bertz CT molecular complexity index is 495. The van der Waals surface area contributed by atoms with Crippen LogP contribution in [0.4, 0.5) is 0 Å². The molecule has 2 aromatic rings. The van der Waals surface area contributed by atoms with E-state index in [1.165, 1.54) is 29.7 Å². The predicted molar refractivity (Wildman–Crippen MR) is 89.9 cm³/mol. The van der Waals surface area contributed by atoms with Crippen LogP contribution in [-0.2, 0) is 12.8 Å². The molecule has 0 aliphatic carbocycles. The van der Waals surface area contributed by atoms with Gasteiger partial charge in [-0.25, -0.2) is 0 Å². The van der Waals surface area contributed by atoms with E-state index >= 15 is 0 Å². The van der Waals surface area contributed by atoms with Crippen molar-refractivity contribution in [1.29, 1.82) is 0 Å². The van der Waals surface area contributed by atoms with Crippen LogP contribution in [0.25, 0.3) is 0 Å². The minimum Gasteiger partial charge on any atom is -0.314 e. The van der Waals surface area contributed by atoms with Gasteiger partial charge in [0.1, 0.15) is 0 Å². The summed E-state index contributed by atoms with van der Waals surface area (Å²) in [6.45, 7) is 3.19. The molecule has 0 amide bonds. The summed E-state index contributed by atoms with van der Waals surface area (Å²) in [6, 6.07) is 13.1. The smallest absolute Gasteiger partial charge is 0.0408 e. The minimum absolute atomic E-state index is 0.540. The molecule has 0 fully saturated rings. The van der Waals surface area contributed by atoms with Gasteiger partial charge in [-0.15, -0.1) is 11.3 Å². The third-order valence-electron chi connectivity index (χ3n) is 3.42. The molecule has 1 nitrogen and oxygen atoms in total. The maximum atomic E-state index is 6.06. The summed E-state index contributed by atoms with van der Waals surface area (Å²) < 4.78 is 0. The van der Waals surface area contributed by atoms with Gasteiger partial charge in [0, 0.05) is 15.9 Å². The Morgan fingerprint density at radius 2 is 2.15 bits per heavy atom. The Kier molecular flexibility index (Phi) is 6.58. The molecule has 1 heterocycles. The first-order valence-electron chi connectivity index (χ1n) is 7.28. The number of nitrogens with one attached hydrogen (secondary N) is 1. The van der Waals surface area contributed by atoms with Crippen molar-refractivity contribution in [3.05, 3.63) is 57.2 Å². The molecule has 2 rings (SSSR count). The molecule has 0 aliphatic rings. The van der Waals surface area contributed by atoms with Gasteiger partial charge < -0.3 is 5.32 Å². The summed E-state index contributed by atoms with van der Waals surface area (Å²) in [5.74, 6) is 0. The molecule has 0 spiro atoms. The van der Waals surface area contributed by atoms with Gasteiger partial charge in [-0.3, -0.25) is 0 Å². The SMILES string of the molecule is CCNC(CCCc1cccs1)Cc1cccc(Cl)c1. The lowest BCUT2D eigenvalue weighted by molar-refractivity contribution is 0.477. The molecule has 20 heavy (non-hydrogen) atoms. The zero-order valence-electron chi connectivity index (χ0n) is 11.9. The van der Waals surface area contributed by atoms with Crippen molar-refractivity contribution >= 4 is 22.9 Å². The molecular weight excluding hydrogens is 286 g/mol. The largest absolute Gasteiger partial charge is 0.314 e. The Morgan fingerprint density at radius 3 is 2.85 bits per heavy atom. The number of rotatable bonds is 8. The van der Waals surface area contributed by atoms with Crippen LogP contribution >= 0.6 is 22.9 Å². The van der Waals surface area contributed by atoms with Gasteiger partial charge in [-0.1, -0.05) is 36.7 Å². The summed E-state index contributed by atoms with van der Waals surface area (Å²) >= 11 is 7.91. The highest BCUT2D eigenvalue weighted by Gasteiger charge is 2.09. The molecule has 0 saturated carbocycles. The lowest BCUT2D eigenvalue weighted by atomic mass is 10.0. The van der Waals surface area contributed by atoms with Crippen LogP contribution < -0.4 is 5.32 Å². The third-order valence-corrected chi connectivity index (χ3v) is 4.59. The highest BCUT2D eigenvalue weighted by atomic mass is 35.5. The first kappa shape index (κ1) is 15.6. The van der Waals surface area contributed by atoms with E-state index in [2.05, 4.69) is 41.9 Å². The lowest BCUT2D eigenvalue weighted by Gasteiger charge is -2.18. The zero-order chi connectivity index (χ0) is 14.2. The van der Waals surface area contributed by atoms with Gasteiger partial charge >= 0.3 is 0 Å². The molecule has 0 saturated heterocycles. The van der Waals surface area contributed by atoms with Gasteiger partial charge in [0.15, 0.2) is 0 Å². The van der Waals surface area contributed by atoms with Gasteiger partial charge in [-0.2, -0.15) is 0 Å². The fraction of sp³-hybridized carbons (Fsp3) is 0.412. The standard InChI is InChI=1S/C17H22ClNS/c1-2-19-16(8-4-9-17-10-5-11-20-17)13-14-6-3-7-15(18)12-14/h3,5-7,10-12,16,19H,2,4,8-9,13H2,1H3. The van der Waals surface area contributed by atoms with Crippen LogP contribution in [0.1, 0.15) is 30.2 Å². The van der Waals surface area contributed by atoms with Crippen LogP contribution in [0.5, 0.6) is 0 Å². The van der Waals surface area contributed by atoms with Gasteiger partial charge in [0.2, 0.25) is 0 Å². The van der Waals surface area contributed by atoms with Crippen molar-refractivity contribution in [3.63, 3.8) is 0 Å². The molecule has 1 unspecified atom stereocenters. The number of benzene rings is 1. The minimum atomic E-state index is 0.540. The summed E-state index contributed by atoms with van der Waals surface area (Å²) in [7, 11) is 0. The molecule has 0 radical (unpaired) electrons. The Labute approximate surface area is 131 Å². The number of likely N-dealkylation sites (N-methyl/N-ethyl adjacent to an activating group) is 1. The second kappa shape index (κ2) is 8.46. The maximum absolute atomic E-state index is 6.06. The lowest BCUT2D eigenvalue weighted by Crippen LogP contribution is -2.31. The van der Waals surface area contributed by atoms with E-state index in [9.17, 15) is 0 Å². The van der Waals surface area contributed by atoms with E-state index < -0.39 is 0 Å². The maximum Gasteiger partial charge on any atom is 0.0408 e. The van der Waals surface area contributed by atoms with E-state index in [-0.39, 0.29) is 0 Å². The van der Waals surface area contributed by atoms with E-state index in [0.717, 1.165) is 18.0 Å². The van der Waals surface area contributed by atoms with Gasteiger partial charge in [0.05, 0.1) is 0 Å². The van der Waals surface area contributed by atoms with Crippen LogP contribution in [0.2, 0.25) is 5.02 Å². The first-order chi connectivity index (χ1) is 9.78. The normalized spacial score (nSPS) is 12.5. The van der Waals surface area contributed by atoms with Crippen molar-refractivity contribution in [1.82, 2.24) is 5.32 Å². The number of halogens is 1. The van der Waals surface area contributed by atoms with Crippen LogP contribution in [0, 0.1) is 0 Å². The van der Waals surface area contributed by atoms with E-state index in [1.807, 2.05) is 23.5 Å². The topological polar surface area (TPSA) is 12.0 Å². The second-order valence-electron chi connectivity index (χ2n) is 5.06. The molecule has 1 atom stereocenters. The zero-order valence-corrected chi connectivity index (χ0v) is 13.5. The Hall–Kier alpha value is -0.830. The first-order valence-corrected chi connectivity index (χ1v) is 8.54. The van der Waals surface area contributed by atoms with Crippen molar-refractivity contribution in [2.75, 3.05) is 6.54 Å². The van der Waals surface area contributed by atoms with Crippen molar-refractivity contribution in [2.45, 2.75) is 38.6 Å². The predicted octanol–water partition coefficient (Wildman–Crippen LogP) is 4.95. The molecule has 1 aromatic carbocycles. The fourth-order valence-corrected chi connectivity index (χ4v) is 3.46. The quantitative estimate of drug-likeness (QED) is 0.728. The fourth-order valence-electron chi connectivity index (χ4n) is 2.49. The highest BCUT2D eigenvalue weighted by molar-refractivity contribution is 7.09. The summed E-state index contributed by atoms with van der Waals surface area (Å²) in [5.41, 5.74) is 1.32. The molecule has 108 valence electrons. The van der Waals surface area contributed by atoms with E-state index in [1.54, 1.807) is 0 Å². The number of hydrogen-bond donors (Lipinski definition) is 1. The molecule has 1 N–H and O–H groups in total. The average molecular weight is 308 g/mol. The molecule has 1 aromatic heterocycles. The van der Waals surface area contributed by atoms with Crippen molar-refractivity contribution < 1.29 is 0 Å². The third kappa shape index (κ3) is 5.28. The van der Waals surface area contributed by atoms with Crippen molar-refractivity contribution in [3.8, 4) is 0 Å². The monoisotopic (exact) mass is 307 g/mol. The van der Waals surface area contributed by atoms with Gasteiger partial charge in [0.25, 0.3) is 0 Å². The molecular formula is C17H22ClNS. The Balaban J connectivity index is 1.83. The van der Waals surface area contributed by atoms with Crippen molar-refractivity contribution in [2.24, 2.45) is 0 Å². The number of aryl methyl sites for hydroxylation is 1.